The number of nitrogens with zero attached hydrogens (tertiary/aromatic N) is 2. The van der Waals surface area contributed by atoms with Crippen LogP contribution in [0.25, 0.3) is 0 Å². The van der Waals surface area contributed by atoms with E-state index in [2.05, 4.69) is 5.10 Å². The smallest absolute Gasteiger partial charge is 0.328 e. The first-order valence-corrected chi connectivity index (χ1v) is 5.54. The summed E-state index contributed by atoms with van der Waals surface area (Å²) in [5.74, 6) is -0.447. The van der Waals surface area contributed by atoms with Crippen molar-refractivity contribution in [3.63, 3.8) is 0 Å². The van der Waals surface area contributed by atoms with Crippen LogP contribution in [-0.2, 0) is 9.53 Å². The quantitative estimate of drug-likeness (QED) is 0.843. The van der Waals surface area contributed by atoms with Crippen molar-refractivity contribution in [3.05, 3.63) is 18.0 Å². The molecule has 0 saturated carbocycles. The van der Waals surface area contributed by atoms with Crippen molar-refractivity contribution >= 4 is 5.97 Å². The van der Waals surface area contributed by atoms with Crippen molar-refractivity contribution in [2.45, 2.75) is 31.7 Å². The van der Waals surface area contributed by atoms with Crippen LogP contribution in [0, 0.1) is 0 Å². The summed E-state index contributed by atoms with van der Waals surface area (Å²) in [7, 11) is 0. The lowest BCUT2D eigenvalue weighted by molar-refractivity contribution is -0.140. The molecule has 1 aliphatic heterocycles. The Morgan fingerprint density at radius 3 is 2.94 bits per heavy atom. The van der Waals surface area contributed by atoms with Crippen LogP contribution in [0.5, 0.6) is 0 Å². The van der Waals surface area contributed by atoms with E-state index in [-0.39, 0.29) is 0 Å². The Morgan fingerprint density at radius 2 is 2.31 bits per heavy atom. The molecule has 16 heavy (non-hydrogen) atoms. The van der Waals surface area contributed by atoms with Crippen molar-refractivity contribution in [2.75, 3.05) is 13.2 Å². The number of aliphatic carboxylic acids is 1. The zero-order valence-electron chi connectivity index (χ0n) is 9.30. The summed E-state index contributed by atoms with van der Waals surface area (Å²) in [5, 5.41) is 13.2. The number of rotatable bonds is 3. The lowest BCUT2D eigenvalue weighted by Crippen LogP contribution is -2.18. The molecular formula is C11H16N2O3. The van der Waals surface area contributed by atoms with Gasteiger partial charge in [-0.15, -0.1) is 0 Å². The van der Waals surface area contributed by atoms with E-state index in [0.29, 0.717) is 5.92 Å². The Labute approximate surface area is 94.0 Å². The fourth-order valence-corrected chi connectivity index (χ4v) is 1.89. The summed E-state index contributed by atoms with van der Waals surface area (Å²) in [6, 6.07) is 1.31. The van der Waals surface area contributed by atoms with E-state index < -0.39 is 12.0 Å². The lowest BCUT2D eigenvalue weighted by atomic mass is 9.97. The molecule has 1 fully saturated rings. The molecule has 0 aliphatic carbocycles. The van der Waals surface area contributed by atoms with Crippen molar-refractivity contribution in [3.8, 4) is 0 Å². The zero-order chi connectivity index (χ0) is 11.5. The van der Waals surface area contributed by atoms with Crippen LogP contribution in [0.4, 0.5) is 0 Å². The van der Waals surface area contributed by atoms with Crippen molar-refractivity contribution in [1.29, 1.82) is 0 Å². The molecule has 1 N–H and O–H groups in total. The van der Waals surface area contributed by atoms with Crippen LogP contribution in [0.15, 0.2) is 12.3 Å². The second kappa shape index (κ2) is 4.65. The van der Waals surface area contributed by atoms with E-state index in [1.165, 1.54) is 4.68 Å². The molecule has 1 aromatic heterocycles. The minimum absolute atomic E-state index is 0.413. The van der Waals surface area contributed by atoms with Crippen LogP contribution in [0.2, 0.25) is 0 Å². The molecule has 1 aliphatic rings. The molecule has 1 unspecified atom stereocenters. The molecule has 1 aromatic rings. The Morgan fingerprint density at radius 1 is 1.62 bits per heavy atom. The molecule has 0 amide bonds. The number of hydrogen-bond donors (Lipinski definition) is 1. The van der Waals surface area contributed by atoms with Crippen molar-refractivity contribution in [2.24, 2.45) is 0 Å². The predicted molar refractivity (Wildman–Crippen MR) is 57.4 cm³/mol. The average molecular weight is 224 g/mol. The highest BCUT2D eigenvalue weighted by molar-refractivity contribution is 5.71. The number of carboxylic acids is 1. The largest absolute Gasteiger partial charge is 0.480 e. The number of carboxylic acid groups (broad SMARTS) is 1. The second-order valence-electron chi connectivity index (χ2n) is 4.12. The molecule has 2 rings (SSSR count). The van der Waals surface area contributed by atoms with Crippen LogP contribution in [0.3, 0.4) is 0 Å². The van der Waals surface area contributed by atoms with Crippen LogP contribution in [0.1, 0.15) is 37.4 Å². The summed E-state index contributed by atoms with van der Waals surface area (Å²) in [6.45, 7) is 3.17. The van der Waals surface area contributed by atoms with E-state index in [9.17, 15) is 4.79 Å². The normalized spacial score (nSPS) is 19.6. The monoisotopic (exact) mass is 224 g/mol. The highest BCUT2D eigenvalue weighted by Crippen LogP contribution is 2.25. The third-order valence-electron chi connectivity index (χ3n) is 3.02. The third-order valence-corrected chi connectivity index (χ3v) is 3.02. The summed E-state index contributed by atoms with van der Waals surface area (Å²) in [5.41, 5.74) is 0.983. The van der Waals surface area contributed by atoms with Gasteiger partial charge in [0.1, 0.15) is 6.04 Å². The molecule has 88 valence electrons. The Kier molecular flexibility index (Phi) is 3.24. The first-order valence-electron chi connectivity index (χ1n) is 5.54. The lowest BCUT2D eigenvalue weighted by Gasteiger charge is -2.20. The van der Waals surface area contributed by atoms with Gasteiger partial charge in [0.2, 0.25) is 0 Å². The number of aromatic nitrogens is 2. The Hall–Kier alpha value is -1.36. The molecule has 1 saturated heterocycles. The van der Waals surface area contributed by atoms with E-state index in [0.717, 1.165) is 31.7 Å². The van der Waals surface area contributed by atoms with Gasteiger partial charge < -0.3 is 9.84 Å². The van der Waals surface area contributed by atoms with Gasteiger partial charge in [-0.05, 0) is 25.8 Å². The van der Waals surface area contributed by atoms with Gasteiger partial charge in [-0.1, -0.05) is 0 Å². The molecule has 0 spiro atoms. The second-order valence-corrected chi connectivity index (χ2v) is 4.12. The SMILES string of the molecule is CC(C(=O)O)n1ccc(C2CCOCC2)n1. The van der Waals surface area contributed by atoms with Crippen molar-refractivity contribution in [1.82, 2.24) is 9.78 Å². The van der Waals surface area contributed by atoms with Gasteiger partial charge in [0.25, 0.3) is 0 Å². The highest BCUT2D eigenvalue weighted by atomic mass is 16.5. The average Bonchev–Trinajstić information content (AvgIpc) is 2.78. The van der Waals surface area contributed by atoms with E-state index >= 15 is 0 Å². The number of carbonyl (C=O) groups is 1. The van der Waals surface area contributed by atoms with Gasteiger partial charge in [-0.25, -0.2) is 4.79 Å². The van der Waals surface area contributed by atoms with Crippen LogP contribution in [-0.4, -0.2) is 34.1 Å². The molecule has 0 radical (unpaired) electrons. The van der Waals surface area contributed by atoms with Gasteiger partial charge >= 0.3 is 5.97 Å². The topological polar surface area (TPSA) is 64.3 Å². The van der Waals surface area contributed by atoms with Gasteiger partial charge in [0.15, 0.2) is 0 Å². The standard InChI is InChI=1S/C11H16N2O3/c1-8(11(14)15)13-5-2-10(12-13)9-3-6-16-7-4-9/h2,5,8-9H,3-4,6-7H2,1H3,(H,14,15). The van der Waals surface area contributed by atoms with Crippen LogP contribution >= 0.6 is 0 Å². The van der Waals surface area contributed by atoms with E-state index in [1.54, 1.807) is 13.1 Å². The summed E-state index contributed by atoms with van der Waals surface area (Å²) in [4.78, 5) is 10.8. The van der Waals surface area contributed by atoms with Gasteiger partial charge in [0.05, 0.1) is 5.69 Å². The predicted octanol–water partition coefficient (Wildman–Crippen LogP) is 1.42. The summed E-state index contributed by atoms with van der Waals surface area (Å²) < 4.78 is 6.79. The maximum atomic E-state index is 10.8. The molecule has 5 nitrogen and oxygen atoms in total. The van der Waals surface area contributed by atoms with E-state index in [1.807, 2.05) is 6.07 Å². The summed E-state index contributed by atoms with van der Waals surface area (Å²) >= 11 is 0. The maximum absolute atomic E-state index is 10.8. The number of hydrogen-bond acceptors (Lipinski definition) is 3. The van der Waals surface area contributed by atoms with Gasteiger partial charge in [-0.2, -0.15) is 5.10 Å². The Balaban J connectivity index is 2.09. The first kappa shape index (κ1) is 11.1. The minimum Gasteiger partial charge on any atom is -0.480 e. The van der Waals surface area contributed by atoms with Gasteiger partial charge in [-0.3, -0.25) is 4.68 Å². The fourth-order valence-electron chi connectivity index (χ4n) is 1.89. The van der Waals surface area contributed by atoms with Gasteiger partial charge in [0, 0.05) is 25.3 Å². The third kappa shape index (κ3) is 2.24. The molecule has 2 heterocycles. The maximum Gasteiger partial charge on any atom is 0.328 e. The Bertz CT molecular complexity index is 369. The molecule has 1 atom stereocenters. The first-order chi connectivity index (χ1) is 7.68. The highest BCUT2D eigenvalue weighted by Gasteiger charge is 2.20. The minimum atomic E-state index is -0.860. The van der Waals surface area contributed by atoms with E-state index in [4.69, 9.17) is 9.84 Å². The molecule has 0 aromatic carbocycles. The summed E-state index contributed by atoms with van der Waals surface area (Å²) in [6.07, 6.45) is 3.68. The molecular weight excluding hydrogens is 208 g/mol. The molecule has 0 bridgehead atoms. The zero-order valence-corrected chi connectivity index (χ0v) is 9.30. The number of ether oxygens (including phenoxy) is 1. The van der Waals surface area contributed by atoms with Crippen LogP contribution < -0.4 is 0 Å². The van der Waals surface area contributed by atoms with Crippen molar-refractivity contribution < 1.29 is 14.6 Å². The fraction of sp³-hybridized carbons (Fsp3) is 0.636. The molecule has 5 heteroatoms.